The Morgan fingerprint density at radius 3 is 2.50 bits per heavy atom. The Balaban J connectivity index is 1.82. The normalized spacial score (nSPS) is 33.2. The molecule has 5 heteroatoms. The predicted octanol–water partition coefficient (Wildman–Crippen LogP) is 2.43. The van der Waals surface area contributed by atoms with Crippen LogP contribution in [0.15, 0.2) is 0 Å². The average molecular weight is 303 g/mol. The van der Waals surface area contributed by atoms with E-state index < -0.39 is 15.6 Å². The van der Waals surface area contributed by atoms with Crippen LogP contribution in [0.3, 0.4) is 0 Å². The van der Waals surface area contributed by atoms with Gasteiger partial charge < -0.3 is 5.11 Å². The summed E-state index contributed by atoms with van der Waals surface area (Å²) in [4.78, 5) is 0. The molecule has 0 aromatic heterocycles. The SMILES string of the molecule is CC1CCCC(O)(CNS(=O)(=O)CC2CCCCC2)C1. The molecule has 0 radical (unpaired) electrons. The van der Waals surface area contributed by atoms with Crippen molar-refractivity contribution in [3.05, 3.63) is 0 Å². The Morgan fingerprint density at radius 2 is 1.85 bits per heavy atom. The molecule has 0 amide bonds. The monoisotopic (exact) mass is 303 g/mol. The molecule has 0 aromatic carbocycles. The van der Waals surface area contributed by atoms with Crippen molar-refractivity contribution in [1.29, 1.82) is 0 Å². The minimum atomic E-state index is -3.25. The van der Waals surface area contributed by atoms with Crippen LogP contribution in [0.25, 0.3) is 0 Å². The summed E-state index contributed by atoms with van der Waals surface area (Å²) >= 11 is 0. The molecular weight excluding hydrogens is 274 g/mol. The number of hydrogen-bond acceptors (Lipinski definition) is 3. The van der Waals surface area contributed by atoms with Crippen LogP contribution < -0.4 is 4.72 Å². The topological polar surface area (TPSA) is 66.4 Å². The summed E-state index contributed by atoms with van der Waals surface area (Å²) in [5, 5.41) is 10.5. The summed E-state index contributed by atoms with van der Waals surface area (Å²) in [7, 11) is -3.25. The summed E-state index contributed by atoms with van der Waals surface area (Å²) < 4.78 is 26.9. The minimum Gasteiger partial charge on any atom is -0.389 e. The van der Waals surface area contributed by atoms with Crippen molar-refractivity contribution in [2.45, 2.75) is 70.3 Å². The van der Waals surface area contributed by atoms with Crippen molar-refractivity contribution in [1.82, 2.24) is 4.72 Å². The summed E-state index contributed by atoms with van der Waals surface area (Å²) in [6, 6.07) is 0. The van der Waals surface area contributed by atoms with E-state index in [2.05, 4.69) is 11.6 Å². The predicted molar refractivity (Wildman–Crippen MR) is 80.9 cm³/mol. The average Bonchev–Trinajstić information content (AvgIpc) is 2.37. The maximum atomic E-state index is 12.1. The standard InChI is InChI=1S/C15H29NO3S/c1-13-6-5-9-15(17,10-13)12-16-20(18,19)11-14-7-3-2-4-8-14/h13-14,16-17H,2-12H2,1H3. The number of aliphatic hydroxyl groups is 1. The third-order valence-electron chi connectivity index (χ3n) is 4.87. The third kappa shape index (κ3) is 5.01. The summed E-state index contributed by atoms with van der Waals surface area (Å²) in [6.45, 7) is 2.31. The summed E-state index contributed by atoms with van der Waals surface area (Å²) in [5.41, 5.74) is -0.836. The second-order valence-corrected chi connectivity index (χ2v) is 8.88. The fraction of sp³-hybridized carbons (Fsp3) is 1.00. The molecule has 118 valence electrons. The van der Waals surface area contributed by atoms with Gasteiger partial charge in [0.15, 0.2) is 0 Å². The van der Waals surface area contributed by atoms with Gasteiger partial charge in [0, 0.05) is 6.54 Å². The molecule has 2 aliphatic carbocycles. The van der Waals surface area contributed by atoms with E-state index in [4.69, 9.17) is 0 Å². The van der Waals surface area contributed by atoms with Gasteiger partial charge in [0.05, 0.1) is 11.4 Å². The van der Waals surface area contributed by atoms with E-state index in [1.807, 2.05) is 0 Å². The van der Waals surface area contributed by atoms with Crippen LogP contribution in [0.5, 0.6) is 0 Å². The van der Waals surface area contributed by atoms with Crippen LogP contribution in [0, 0.1) is 11.8 Å². The highest BCUT2D eigenvalue weighted by Gasteiger charge is 2.34. The molecule has 20 heavy (non-hydrogen) atoms. The van der Waals surface area contributed by atoms with E-state index in [9.17, 15) is 13.5 Å². The highest BCUT2D eigenvalue weighted by molar-refractivity contribution is 7.89. The van der Waals surface area contributed by atoms with Gasteiger partial charge in [0.25, 0.3) is 0 Å². The zero-order valence-electron chi connectivity index (χ0n) is 12.6. The smallest absolute Gasteiger partial charge is 0.211 e. The molecule has 0 heterocycles. The fourth-order valence-electron chi connectivity index (χ4n) is 3.76. The van der Waals surface area contributed by atoms with Crippen LogP contribution in [0.1, 0.15) is 64.7 Å². The number of rotatable bonds is 5. The van der Waals surface area contributed by atoms with Gasteiger partial charge in [0.2, 0.25) is 10.0 Å². The van der Waals surface area contributed by atoms with Crippen LogP contribution in [0.2, 0.25) is 0 Å². The zero-order valence-corrected chi connectivity index (χ0v) is 13.4. The van der Waals surface area contributed by atoms with Gasteiger partial charge in [-0.2, -0.15) is 0 Å². The zero-order chi connectivity index (χ0) is 14.6. The van der Waals surface area contributed by atoms with E-state index in [1.54, 1.807) is 0 Å². The van der Waals surface area contributed by atoms with Crippen LogP contribution in [-0.4, -0.2) is 31.4 Å². The molecule has 0 aliphatic heterocycles. The van der Waals surface area contributed by atoms with Crippen LogP contribution in [0.4, 0.5) is 0 Å². The van der Waals surface area contributed by atoms with Gasteiger partial charge in [-0.05, 0) is 37.5 Å². The maximum absolute atomic E-state index is 12.1. The first-order valence-electron chi connectivity index (χ1n) is 8.08. The van der Waals surface area contributed by atoms with Crippen molar-refractivity contribution in [2.75, 3.05) is 12.3 Å². The van der Waals surface area contributed by atoms with Gasteiger partial charge >= 0.3 is 0 Å². The van der Waals surface area contributed by atoms with Crippen LogP contribution >= 0.6 is 0 Å². The van der Waals surface area contributed by atoms with Crippen molar-refractivity contribution in [3.63, 3.8) is 0 Å². The molecule has 2 fully saturated rings. The molecule has 4 nitrogen and oxygen atoms in total. The molecule has 0 bridgehead atoms. The molecule has 2 saturated carbocycles. The third-order valence-corrected chi connectivity index (χ3v) is 6.36. The minimum absolute atomic E-state index is 0.187. The lowest BCUT2D eigenvalue weighted by atomic mass is 9.79. The lowest BCUT2D eigenvalue weighted by molar-refractivity contribution is -0.00753. The van der Waals surface area contributed by atoms with Gasteiger partial charge in [-0.3, -0.25) is 0 Å². The molecule has 2 atom stereocenters. The highest BCUT2D eigenvalue weighted by atomic mass is 32.2. The Labute approximate surface area is 123 Å². The van der Waals surface area contributed by atoms with E-state index in [-0.39, 0.29) is 12.3 Å². The lowest BCUT2D eigenvalue weighted by Gasteiger charge is -2.35. The number of sulfonamides is 1. The van der Waals surface area contributed by atoms with E-state index in [1.165, 1.54) is 6.42 Å². The molecule has 0 spiro atoms. The molecule has 2 N–H and O–H groups in total. The number of nitrogens with one attached hydrogen (secondary N) is 1. The highest BCUT2D eigenvalue weighted by Crippen LogP contribution is 2.32. The fourth-order valence-corrected chi connectivity index (χ4v) is 5.32. The quantitative estimate of drug-likeness (QED) is 0.819. The number of hydrogen-bond donors (Lipinski definition) is 2. The first kappa shape index (κ1) is 16.2. The maximum Gasteiger partial charge on any atom is 0.211 e. The lowest BCUT2D eigenvalue weighted by Crippen LogP contribution is -2.46. The largest absolute Gasteiger partial charge is 0.389 e. The second kappa shape index (κ2) is 6.75. The van der Waals surface area contributed by atoms with Crippen molar-refractivity contribution >= 4 is 10.0 Å². The first-order chi connectivity index (χ1) is 9.39. The van der Waals surface area contributed by atoms with Crippen molar-refractivity contribution in [3.8, 4) is 0 Å². The molecule has 2 aliphatic rings. The Bertz CT molecular complexity index is 403. The first-order valence-corrected chi connectivity index (χ1v) is 9.73. The Kier molecular flexibility index (Phi) is 5.49. The Hall–Kier alpha value is -0.130. The molecule has 2 unspecified atom stereocenters. The van der Waals surface area contributed by atoms with Gasteiger partial charge in [-0.15, -0.1) is 0 Å². The van der Waals surface area contributed by atoms with Crippen molar-refractivity contribution < 1.29 is 13.5 Å². The second-order valence-electron chi connectivity index (χ2n) is 7.03. The van der Waals surface area contributed by atoms with E-state index in [0.717, 1.165) is 38.5 Å². The van der Waals surface area contributed by atoms with E-state index >= 15 is 0 Å². The summed E-state index contributed by atoms with van der Waals surface area (Å²) in [5.74, 6) is 1.02. The summed E-state index contributed by atoms with van der Waals surface area (Å²) in [6.07, 6.45) is 9.15. The van der Waals surface area contributed by atoms with Gasteiger partial charge in [0.1, 0.15) is 0 Å². The van der Waals surface area contributed by atoms with E-state index in [0.29, 0.717) is 24.7 Å². The molecule has 0 saturated heterocycles. The Morgan fingerprint density at radius 1 is 1.15 bits per heavy atom. The van der Waals surface area contributed by atoms with Gasteiger partial charge in [-0.1, -0.05) is 39.0 Å². The molecule has 0 aromatic rings. The molecule has 2 rings (SSSR count). The van der Waals surface area contributed by atoms with Crippen molar-refractivity contribution in [2.24, 2.45) is 11.8 Å². The molecular formula is C15H29NO3S. The van der Waals surface area contributed by atoms with Gasteiger partial charge in [-0.25, -0.2) is 13.1 Å². The van der Waals surface area contributed by atoms with Crippen LogP contribution in [-0.2, 0) is 10.0 Å².